The van der Waals surface area contributed by atoms with Crippen LogP contribution in [0.3, 0.4) is 0 Å². The molecule has 1 aliphatic carbocycles. The molecule has 5 heteroatoms. The number of piperidine rings is 2. The van der Waals surface area contributed by atoms with Gasteiger partial charge in [0.1, 0.15) is 5.54 Å². The van der Waals surface area contributed by atoms with Crippen LogP contribution in [0, 0.1) is 11.3 Å². The summed E-state index contributed by atoms with van der Waals surface area (Å²) in [6.07, 6.45) is 8.15. The lowest BCUT2D eigenvalue weighted by molar-refractivity contribution is -0.225. The summed E-state index contributed by atoms with van der Waals surface area (Å²) in [4.78, 5) is 15.7. The maximum Gasteiger partial charge on any atom is 0.241 e. The summed E-state index contributed by atoms with van der Waals surface area (Å²) in [5.74, 6) is 0.235. The number of rotatable bonds is 2. The van der Waals surface area contributed by atoms with E-state index in [0.717, 1.165) is 32.3 Å². The fraction of sp³-hybridized carbons (Fsp3) is 0.947. The Hall–Kier alpha value is -0.650. The average Bonchev–Trinajstić information content (AvgIpc) is 2.55. The van der Waals surface area contributed by atoms with Crippen LogP contribution in [0.25, 0.3) is 0 Å². The van der Waals surface area contributed by atoms with Gasteiger partial charge in [0.15, 0.2) is 0 Å². The smallest absolute Gasteiger partial charge is 0.241 e. The minimum atomic E-state index is -0.781. The van der Waals surface area contributed by atoms with Crippen molar-refractivity contribution >= 4 is 5.91 Å². The molecule has 1 saturated carbocycles. The second kappa shape index (κ2) is 5.68. The molecule has 3 heterocycles. The number of hydrogen-bond acceptors (Lipinski definition) is 4. The van der Waals surface area contributed by atoms with Crippen molar-refractivity contribution in [2.45, 2.75) is 88.6 Å². The first-order valence-electron chi connectivity index (χ1n) is 9.79. The van der Waals surface area contributed by atoms with Crippen LogP contribution in [0.15, 0.2) is 0 Å². The molecule has 4 fully saturated rings. The van der Waals surface area contributed by atoms with Gasteiger partial charge in [0.2, 0.25) is 5.91 Å². The highest BCUT2D eigenvalue weighted by Crippen LogP contribution is 2.57. The third-order valence-corrected chi connectivity index (χ3v) is 7.74. The van der Waals surface area contributed by atoms with E-state index in [1.807, 2.05) is 0 Å². The number of nitrogens with two attached hydrogens (primary N) is 1. The summed E-state index contributed by atoms with van der Waals surface area (Å²) in [7, 11) is 2.25. The fourth-order valence-corrected chi connectivity index (χ4v) is 6.08. The zero-order valence-corrected chi connectivity index (χ0v) is 15.4. The van der Waals surface area contributed by atoms with Crippen LogP contribution in [0.4, 0.5) is 0 Å². The topological polar surface area (TPSA) is 67.6 Å². The van der Waals surface area contributed by atoms with Gasteiger partial charge in [0, 0.05) is 36.1 Å². The van der Waals surface area contributed by atoms with Crippen molar-refractivity contribution in [1.82, 2.24) is 10.2 Å². The van der Waals surface area contributed by atoms with Crippen molar-refractivity contribution in [2.75, 3.05) is 13.7 Å². The van der Waals surface area contributed by atoms with E-state index >= 15 is 0 Å². The molecular formula is C19H33N3O2. The summed E-state index contributed by atoms with van der Waals surface area (Å²) in [5, 5.41) is 3.35. The number of carbonyl (C=O) groups is 1. The highest BCUT2D eigenvalue weighted by molar-refractivity contribution is 5.89. The number of amides is 1. The lowest BCUT2D eigenvalue weighted by atomic mass is 9.46. The van der Waals surface area contributed by atoms with Crippen LogP contribution < -0.4 is 11.1 Å². The number of nitrogens with zero attached hydrogens (tertiary/aromatic N) is 1. The Morgan fingerprint density at radius 1 is 1.17 bits per heavy atom. The molecule has 5 nitrogen and oxygen atoms in total. The molecule has 4 aliphatic rings. The Bertz CT molecular complexity index is 509. The molecule has 5 atom stereocenters. The first-order valence-corrected chi connectivity index (χ1v) is 9.79. The number of hydrogen-bond donors (Lipinski definition) is 2. The molecular weight excluding hydrogens is 302 g/mol. The van der Waals surface area contributed by atoms with Gasteiger partial charge in [0.25, 0.3) is 0 Å². The number of carbonyl (C=O) groups excluding carboxylic acids is 1. The van der Waals surface area contributed by atoms with E-state index in [1.165, 1.54) is 19.3 Å². The maximum absolute atomic E-state index is 13.2. The predicted octanol–water partition coefficient (Wildman–Crippen LogP) is 1.65. The Kier molecular flexibility index (Phi) is 3.98. The van der Waals surface area contributed by atoms with E-state index in [4.69, 9.17) is 10.5 Å². The number of ether oxygens (including phenoxy) is 1. The predicted molar refractivity (Wildman–Crippen MR) is 93.5 cm³/mol. The minimum Gasteiger partial charge on any atom is -0.377 e. The van der Waals surface area contributed by atoms with E-state index in [-0.39, 0.29) is 29.4 Å². The van der Waals surface area contributed by atoms with Gasteiger partial charge >= 0.3 is 0 Å². The summed E-state index contributed by atoms with van der Waals surface area (Å²) >= 11 is 0. The second-order valence-corrected chi connectivity index (χ2v) is 9.18. The van der Waals surface area contributed by atoms with E-state index < -0.39 is 5.54 Å². The van der Waals surface area contributed by atoms with Gasteiger partial charge in [-0.25, -0.2) is 0 Å². The molecule has 1 amide bonds. The maximum atomic E-state index is 13.2. The molecule has 24 heavy (non-hydrogen) atoms. The quantitative estimate of drug-likeness (QED) is 0.805. The molecule has 5 unspecified atom stereocenters. The first kappa shape index (κ1) is 16.8. The van der Waals surface area contributed by atoms with E-state index in [2.05, 4.69) is 31.1 Å². The van der Waals surface area contributed by atoms with Gasteiger partial charge in [-0.1, -0.05) is 20.3 Å². The molecule has 2 bridgehead atoms. The Balaban J connectivity index is 1.46. The van der Waals surface area contributed by atoms with Crippen molar-refractivity contribution in [3.63, 3.8) is 0 Å². The largest absolute Gasteiger partial charge is 0.377 e. The second-order valence-electron chi connectivity index (χ2n) is 9.18. The van der Waals surface area contributed by atoms with Gasteiger partial charge in [-0.05, 0) is 45.6 Å². The first-order chi connectivity index (χ1) is 11.4. The van der Waals surface area contributed by atoms with Crippen molar-refractivity contribution in [1.29, 1.82) is 0 Å². The van der Waals surface area contributed by atoms with Gasteiger partial charge in [-0.2, -0.15) is 0 Å². The van der Waals surface area contributed by atoms with Crippen LogP contribution in [-0.4, -0.2) is 54.2 Å². The number of nitrogens with one attached hydrogen (secondary N) is 1. The van der Waals surface area contributed by atoms with E-state index in [0.29, 0.717) is 12.1 Å². The molecule has 4 rings (SSSR count). The van der Waals surface area contributed by atoms with Crippen LogP contribution in [0.2, 0.25) is 0 Å². The minimum absolute atomic E-state index is 0.0619. The van der Waals surface area contributed by atoms with Crippen molar-refractivity contribution in [3.8, 4) is 0 Å². The molecule has 3 aliphatic heterocycles. The monoisotopic (exact) mass is 335 g/mol. The summed E-state index contributed by atoms with van der Waals surface area (Å²) in [5.41, 5.74) is 5.67. The molecule has 0 radical (unpaired) electrons. The van der Waals surface area contributed by atoms with Crippen molar-refractivity contribution in [2.24, 2.45) is 17.1 Å². The Morgan fingerprint density at radius 2 is 1.83 bits per heavy atom. The van der Waals surface area contributed by atoms with Crippen molar-refractivity contribution < 1.29 is 9.53 Å². The highest BCUT2D eigenvalue weighted by Gasteiger charge is 2.70. The van der Waals surface area contributed by atoms with Gasteiger partial charge in [-0.15, -0.1) is 0 Å². The van der Waals surface area contributed by atoms with Crippen LogP contribution >= 0.6 is 0 Å². The van der Waals surface area contributed by atoms with Gasteiger partial charge < -0.3 is 20.7 Å². The zero-order valence-electron chi connectivity index (χ0n) is 15.4. The Morgan fingerprint density at radius 3 is 2.50 bits per heavy atom. The zero-order chi connectivity index (χ0) is 17.1. The molecule has 3 N–H and O–H groups in total. The lowest BCUT2D eigenvalue weighted by Gasteiger charge is -2.65. The average molecular weight is 335 g/mol. The molecule has 0 spiro atoms. The highest BCUT2D eigenvalue weighted by atomic mass is 16.5. The van der Waals surface area contributed by atoms with Crippen LogP contribution in [0.1, 0.15) is 58.8 Å². The molecule has 136 valence electrons. The summed E-state index contributed by atoms with van der Waals surface area (Å²) in [6, 6.07) is 1.53. The van der Waals surface area contributed by atoms with E-state index in [9.17, 15) is 4.79 Å². The van der Waals surface area contributed by atoms with E-state index in [1.54, 1.807) is 0 Å². The van der Waals surface area contributed by atoms with Crippen molar-refractivity contribution in [3.05, 3.63) is 0 Å². The lowest BCUT2D eigenvalue weighted by Crippen LogP contribution is -2.82. The Labute approximate surface area is 145 Å². The molecule has 0 aromatic rings. The summed E-state index contributed by atoms with van der Waals surface area (Å²) in [6.45, 7) is 5.01. The molecule has 0 aromatic heterocycles. The third-order valence-electron chi connectivity index (χ3n) is 7.74. The third kappa shape index (κ3) is 2.20. The van der Waals surface area contributed by atoms with Gasteiger partial charge in [-0.3, -0.25) is 4.79 Å². The standard InChI is InChI=1S/C19H33N3O2/c1-18(2)16-15(8-5-9-24-16)19(18,20)17(23)21-12-10-13-6-4-7-14(11-12)22(13)3/h12-16H,4-11,20H2,1-3H3,(H,21,23). The normalized spacial score (nSPS) is 47.4. The fourth-order valence-electron chi connectivity index (χ4n) is 6.08. The molecule has 0 aromatic carbocycles. The summed E-state index contributed by atoms with van der Waals surface area (Å²) < 4.78 is 5.94. The van der Waals surface area contributed by atoms with Crippen LogP contribution in [-0.2, 0) is 9.53 Å². The molecule has 3 saturated heterocycles. The van der Waals surface area contributed by atoms with Gasteiger partial charge in [0.05, 0.1) is 6.10 Å². The SMILES string of the molecule is CN1C2CCCC1CC(NC(=O)C1(N)C3CCCOC3C1(C)C)C2. The number of fused-ring (bicyclic) bond motifs is 3. The van der Waals surface area contributed by atoms with Crippen LogP contribution in [0.5, 0.6) is 0 Å².